The zero-order chi connectivity index (χ0) is 15.5. The van der Waals surface area contributed by atoms with Crippen LogP contribution in [0.4, 0.5) is 0 Å². The van der Waals surface area contributed by atoms with Crippen molar-refractivity contribution in [3.8, 4) is 5.75 Å². The summed E-state index contributed by atoms with van der Waals surface area (Å²) in [7, 11) is 0. The van der Waals surface area contributed by atoms with E-state index >= 15 is 0 Å². The average Bonchev–Trinajstić information content (AvgIpc) is 2.67. The van der Waals surface area contributed by atoms with Crippen LogP contribution >= 0.6 is 0 Å². The molecule has 0 radical (unpaired) electrons. The van der Waals surface area contributed by atoms with Crippen molar-refractivity contribution >= 4 is 0 Å². The van der Waals surface area contributed by atoms with Gasteiger partial charge in [0.1, 0.15) is 18.5 Å². The molecule has 2 fully saturated rings. The molecule has 1 aliphatic carbocycles. The molecule has 0 spiro atoms. The van der Waals surface area contributed by atoms with Crippen LogP contribution in [-0.4, -0.2) is 35.3 Å². The molecule has 4 unspecified atom stereocenters. The van der Waals surface area contributed by atoms with Crippen LogP contribution in [0, 0.1) is 10.8 Å². The minimum Gasteiger partial charge on any atom is -0.490 e. The van der Waals surface area contributed by atoms with Gasteiger partial charge in [-0.2, -0.15) is 0 Å². The van der Waals surface area contributed by atoms with Crippen LogP contribution < -0.4 is 4.74 Å². The Bertz CT molecular complexity index is 585. The lowest BCUT2D eigenvalue weighted by Crippen LogP contribution is -2.45. The fraction of sp³-hybridized carbons (Fsp3) is 0.684. The fourth-order valence-corrected chi connectivity index (χ4v) is 5.56. The highest BCUT2D eigenvalue weighted by molar-refractivity contribution is 5.39. The number of hydrogen-bond donors (Lipinski definition) is 1. The van der Waals surface area contributed by atoms with Gasteiger partial charge in [-0.1, -0.05) is 39.0 Å². The Hall–Kier alpha value is -1.06. The van der Waals surface area contributed by atoms with E-state index in [1.807, 2.05) is 12.1 Å². The maximum atomic E-state index is 10.6. The molecule has 0 aromatic heterocycles. The average molecular weight is 301 g/mol. The molecule has 1 N–H and O–H groups in total. The number of nitrogens with zero attached hydrogens (tertiary/aromatic N) is 1. The molecule has 3 aliphatic rings. The molecule has 1 aromatic carbocycles. The summed E-state index contributed by atoms with van der Waals surface area (Å²) in [5.74, 6) is 0.948. The summed E-state index contributed by atoms with van der Waals surface area (Å²) in [4.78, 5) is 2.58. The van der Waals surface area contributed by atoms with E-state index in [1.54, 1.807) is 0 Å². The summed E-state index contributed by atoms with van der Waals surface area (Å²) in [5.41, 5.74) is 1.96. The third kappa shape index (κ3) is 2.26. The Morgan fingerprint density at radius 2 is 1.95 bits per heavy atom. The van der Waals surface area contributed by atoms with E-state index in [0.717, 1.165) is 17.9 Å². The van der Waals surface area contributed by atoms with Crippen molar-refractivity contribution in [3.63, 3.8) is 0 Å². The molecule has 4 rings (SSSR count). The first-order valence-electron chi connectivity index (χ1n) is 8.53. The summed E-state index contributed by atoms with van der Waals surface area (Å²) < 4.78 is 5.73. The molecule has 0 amide bonds. The molecule has 1 aromatic rings. The zero-order valence-electron chi connectivity index (χ0n) is 13.9. The van der Waals surface area contributed by atoms with E-state index in [2.05, 4.69) is 37.8 Å². The van der Waals surface area contributed by atoms with Gasteiger partial charge in [0.2, 0.25) is 0 Å². The standard InChI is InChI=1S/C19H27NO2/c1-18(2)8-13-9-19(3,11-18)12-20(13)17-14-6-4-5-7-16(14)22-10-15(17)21/h4-7,13,15,17,21H,8-12H2,1-3H3. The number of hydrogen-bond acceptors (Lipinski definition) is 3. The fourth-order valence-electron chi connectivity index (χ4n) is 5.56. The monoisotopic (exact) mass is 301 g/mol. The van der Waals surface area contributed by atoms with Crippen molar-refractivity contribution in [2.75, 3.05) is 13.2 Å². The predicted molar refractivity (Wildman–Crippen MR) is 86.9 cm³/mol. The summed E-state index contributed by atoms with van der Waals surface area (Å²) in [6.45, 7) is 8.73. The second kappa shape index (κ2) is 4.72. The third-order valence-corrected chi connectivity index (χ3v) is 5.82. The molecule has 4 atom stereocenters. The summed E-state index contributed by atoms with van der Waals surface area (Å²) in [6, 6.07) is 8.90. The van der Waals surface area contributed by atoms with E-state index < -0.39 is 6.10 Å². The van der Waals surface area contributed by atoms with Crippen LogP contribution in [0.3, 0.4) is 0 Å². The molecule has 3 heteroatoms. The minimum atomic E-state index is -0.430. The number of likely N-dealkylation sites (tertiary alicyclic amines) is 1. The highest BCUT2D eigenvalue weighted by atomic mass is 16.5. The van der Waals surface area contributed by atoms with Gasteiger partial charge >= 0.3 is 0 Å². The Morgan fingerprint density at radius 1 is 1.18 bits per heavy atom. The smallest absolute Gasteiger partial charge is 0.124 e. The molecule has 2 heterocycles. The lowest BCUT2D eigenvalue weighted by atomic mass is 9.65. The maximum absolute atomic E-state index is 10.6. The van der Waals surface area contributed by atoms with E-state index in [9.17, 15) is 5.11 Å². The van der Waals surface area contributed by atoms with Crippen LogP contribution in [0.1, 0.15) is 51.6 Å². The van der Waals surface area contributed by atoms with Crippen molar-refractivity contribution in [2.24, 2.45) is 10.8 Å². The zero-order valence-corrected chi connectivity index (χ0v) is 13.9. The second-order valence-corrected chi connectivity index (χ2v) is 8.75. The molecular formula is C19H27NO2. The van der Waals surface area contributed by atoms with Crippen LogP contribution in [-0.2, 0) is 0 Å². The molecule has 120 valence electrons. The van der Waals surface area contributed by atoms with Crippen molar-refractivity contribution < 1.29 is 9.84 Å². The van der Waals surface area contributed by atoms with E-state index in [4.69, 9.17) is 4.74 Å². The largest absolute Gasteiger partial charge is 0.490 e. The van der Waals surface area contributed by atoms with Crippen LogP contribution in [0.5, 0.6) is 5.75 Å². The first-order valence-corrected chi connectivity index (χ1v) is 8.53. The minimum absolute atomic E-state index is 0.0886. The normalized spacial score (nSPS) is 40.1. The first-order chi connectivity index (χ1) is 10.4. The number of rotatable bonds is 1. The SMILES string of the molecule is CC1(C)CC2CC(C)(CN2C2c3ccccc3OCC2O)C1. The number of aliphatic hydroxyl groups is 1. The number of aliphatic hydroxyl groups excluding tert-OH is 1. The van der Waals surface area contributed by atoms with Gasteiger partial charge in [-0.25, -0.2) is 0 Å². The molecule has 2 bridgehead atoms. The number of ether oxygens (including phenoxy) is 1. The van der Waals surface area contributed by atoms with Crippen molar-refractivity contribution in [1.82, 2.24) is 4.90 Å². The van der Waals surface area contributed by atoms with Gasteiger partial charge in [0.05, 0.1) is 6.04 Å². The molecule has 22 heavy (non-hydrogen) atoms. The molecule has 2 aliphatic heterocycles. The third-order valence-electron chi connectivity index (χ3n) is 5.82. The van der Waals surface area contributed by atoms with E-state index in [1.165, 1.54) is 19.3 Å². The highest BCUT2D eigenvalue weighted by Crippen LogP contribution is 2.55. The Balaban J connectivity index is 1.71. The van der Waals surface area contributed by atoms with Crippen molar-refractivity contribution in [2.45, 2.75) is 58.2 Å². The maximum Gasteiger partial charge on any atom is 0.124 e. The molecule has 1 saturated carbocycles. The first kappa shape index (κ1) is 14.5. The molecule has 3 nitrogen and oxygen atoms in total. The lowest BCUT2D eigenvalue weighted by molar-refractivity contribution is -0.00908. The lowest BCUT2D eigenvalue weighted by Gasteiger charge is -2.42. The topological polar surface area (TPSA) is 32.7 Å². The van der Waals surface area contributed by atoms with E-state index in [-0.39, 0.29) is 6.04 Å². The number of para-hydroxylation sites is 1. The van der Waals surface area contributed by atoms with Crippen LogP contribution in [0.2, 0.25) is 0 Å². The predicted octanol–water partition coefficient (Wildman–Crippen LogP) is 3.38. The Morgan fingerprint density at radius 3 is 2.77 bits per heavy atom. The van der Waals surface area contributed by atoms with Gasteiger partial charge in [0.15, 0.2) is 0 Å². The highest BCUT2D eigenvalue weighted by Gasteiger charge is 2.53. The van der Waals surface area contributed by atoms with Crippen molar-refractivity contribution in [3.05, 3.63) is 29.8 Å². The summed E-state index contributed by atoms with van der Waals surface area (Å²) in [5, 5.41) is 10.6. The van der Waals surface area contributed by atoms with Gasteiger partial charge in [0.25, 0.3) is 0 Å². The van der Waals surface area contributed by atoms with Gasteiger partial charge in [-0.15, -0.1) is 0 Å². The molecule has 1 saturated heterocycles. The van der Waals surface area contributed by atoms with Gasteiger partial charge in [-0.05, 0) is 36.2 Å². The summed E-state index contributed by atoms with van der Waals surface area (Å²) in [6.07, 6.45) is 3.35. The van der Waals surface area contributed by atoms with Gasteiger partial charge < -0.3 is 9.84 Å². The van der Waals surface area contributed by atoms with Crippen LogP contribution in [0.15, 0.2) is 24.3 Å². The van der Waals surface area contributed by atoms with Crippen LogP contribution in [0.25, 0.3) is 0 Å². The Labute approximate surface area is 133 Å². The van der Waals surface area contributed by atoms with Gasteiger partial charge in [-0.3, -0.25) is 4.90 Å². The molecular weight excluding hydrogens is 274 g/mol. The number of benzene rings is 1. The quantitative estimate of drug-likeness (QED) is 0.863. The van der Waals surface area contributed by atoms with Crippen molar-refractivity contribution in [1.29, 1.82) is 0 Å². The Kier molecular flexibility index (Phi) is 3.11. The summed E-state index contributed by atoms with van der Waals surface area (Å²) >= 11 is 0. The number of fused-ring (bicyclic) bond motifs is 3. The van der Waals surface area contributed by atoms with E-state index in [0.29, 0.717) is 23.5 Å². The second-order valence-electron chi connectivity index (χ2n) is 8.75. The van der Waals surface area contributed by atoms with Gasteiger partial charge in [0, 0.05) is 18.2 Å².